The van der Waals surface area contributed by atoms with E-state index in [9.17, 15) is 4.79 Å². The van der Waals surface area contributed by atoms with Gasteiger partial charge in [0.1, 0.15) is 10.1 Å². The van der Waals surface area contributed by atoms with E-state index in [0.717, 1.165) is 5.03 Å². The van der Waals surface area contributed by atoms with Gasteiger partial charge in [-0.2, -0.15) is 0 Å². The monoisotopic (exact) mass is 280 g/mol. The van der Waals surface area contributed by atoms with Crippen molar-refractivity contribution in [2.75, 3.05) is 7.11 Å². The molecular weight excluding hydrogens is 272 g/mol. The summed E-state index contributed by atoms with van der Waals surface area (Å²) < 4.78 is 4.65. The van der Waals surface area contributed by atoms with Gasteiger partial charge in [-0.3, -0.25) is 0 Å². The summed E-state index contributed by atoms with van der Waals surface area (Å²) in [6.07, 6.45) is 3.12. The Balaban J connectivity index is 2.19. The molecule has 92 valence electrons. The maximum Gasteiger partial charge on any atom is 0.337 e. The first-order valence-corrected chi connectivity index (χ1v) is 6.22. The summed E-state index contributed by atoms with van der Waals surface area (Å²) >= 11 is 7.10. The van der Waals surface area contributed by atoms with E-state index in [1.54, 1.807) is 36.7 Å². The third-order valence-electron chi connectivity index (χ3n) is 2.07. The molecule has 4 nitrogen and oxygen atoms in total. The predicted octanol–water partition coefficient (Wildman–Crippen LogP) is 3.07. The van der Waals surface area contributed by atoms with Crippen LogP contribution in [0, 0.1) is 0 Å². The quantitative estimate of drug-likeness (QED) is 0.809. The van der Waals surface area contributed by atoms with E-state index in [4.69, 9.17) is 11.6 Å². The number of methoxy groups -OCH3 is 1. The van der Waals surface area contributed by atoms with Gasteiger partial charge < -0.3 is 4.74 Å². The van der Waals surface area contributed by atoms with Gasteiger partial charge in [-0.1, -0.05) is 23.4 Å². The average molecular weight is 281 g/mol. The molecule has 0 radical (unpaired) electrons. The van der Waals surface area contributed by atoms with Crippen LogP contribution in [0.1, 0.15) is 10.4 Å². The van der Waals surface area contributed by atoms with Crippen molar-refractivity contribution in [1.29, 1.82) is 0 Å². The summed E-state index contributed by atoms with van der Waals surface area (Å²) in [6.45, 7) is 0. The van der Waals surface area contributed by atoms with Crippen LogP contribution >= 0.6 is 23.4 Å². The Bertz CT molecular complexity index is 560. The minimum absolute atomic E-state index is 0.386. The summed E-state index contributed by atoms with van der Waals surface area (Å²) in [7, 11) is 1.34. The maximum absolute atomic E-state index is 11.4. The molecule has 0 atom stereocenters. The predicted molar refractivity (Wildman–Crippen MR) is 68.9 cm³/mol. The standard InChI is InChI=1S/C12H9ClN2O2S/c1-17-12(16)8-4-5-14-11(6-8)18-10-3-2-9(13)7-15-10/h2-7H,1H3. The van der Waals surface area contributed by atoms with Crippen LogP contribution in [-0.4, -0.2) is 23.0 Å². The zero-order valence-electron chi connectivity index (χ0n) is 9.46. The topological polar surface area (TPSA) is 52.1 Å². The molecule has 0 bridgehead atoms. The Morgan fingerprint density at radius 1 is 1.28 bits per heavy atom. The number of nitrogens with zero attached hydrogens (tertiary/aromatic N) is 2. The molecule has 6 heteroatoms. The van der Waals surface area contributed by atoms with Gasteiger partial charge in [-0.15, -0.1) is 0 Å². The number of carbonyl (C=O) groups excluding carboxylic acids is 1. The molecule has 0 aliphatic rings. The number of rotatable bonds is 3. The molecule has 0 saturated carbocycles. The van der Waals surface area contributed by atoms with Crippen molar-refractivity contribution in [3.63, 3.8) is 0 Å². The molecule has 0 aliphatic carbocycles. The second-order valence-electron chi connectivity index (χ2n) is 3.29. The molecule has 18 heavy (non-hydrogen) atoms. The number of pyridine rings is 2. The summed E-state index contributed by atoms with van der Waals surface area (Å²) in [5.74, 6) is -0.386. The van der Waals surface area contributed by atoms with Crippen LogP contribution in [0.2, 0.25) is 5.02 Å². The molecule has 0 aliphatic heterocycles. The van der Waals surface area contributed by atoms with Crippen molar-refractivity contribution in [3.05, 3.63) is 47.2 Å². The molecule has 2 aromatic heterocycles. The number of halogens is 1. The van der Waals surface area contributed by atoms with Crippen LogP contribution in [0.15, 0.2) is 46.7 Å². The summed E-state index contributed by atoms with van der Waals surface area (Å²) in [5, 5.41) is 2.01. The fourth-order valence-electron chi connectivity index (χ4n) is 1.24. The van der Waals surface area contributed by atoms with Gasteiger partial charge in [0, 0.05) is 12.4 Å². The molecule has 2 aromatic rings. The van der Waals surface area contributed by atoms with E-state index in [2.05, 4.69) is 14.7 Å². The lowest BCUT2D eigenvalue weighted by Gasteiger charge is -2.02. The van der Waals surface area contributed by atoms with E-state index < -0.39 is 0 Å². The second-order valence-corrected chi connectivity index (χ2v) is 4.77. The van der Waals surface area contributed by atoms with Crippen molar-refractivity contribution >= 4 is 29.3 Å². The van der Waals surface area contributed by atoms with Gasteiger partial charge in [0.15, 0.2) is 0 Å². The highest BCUT2D eigenvalue weighted by atomic mass is 35.5. The molecule has 0 spiro atoms. The second kappa shape index (κ2) is 5.84. The Labute approximate surface area is 113 Å². The van der Waals surface area contributed by atoms with Crippen LogP contribution in [0.3, 0.4) is 0 Å². The van der Waals surface area contributed by atoms with Crippen LogP contribution in [0.25, 0.3) is 0 Å². The number of aromatic nitrogens is 2. The number of esters is 1. The Kier molecular flexibility index (Phi) is 4.17. The molecule has 0 saturated heterocycles. The van der Waals surface area contributed by atoms with Crippen molar-refractivity contribution in [1.82, 2.24) is 9.97 Å². The molecule has 0 N–H and O–H groups in total. The zero-order valence-corrected chi connectivity index (χ0v) is 11.0. The fraction of sp³-hybridized carbons (Fsp3) is 0.0833. The summed E-state index contributed by atoms with van der Waals surface area (Å²) in [5.41, 5.74) is 0.462. The lowest BCUT2D eigenvalue weighted by Crippen LogP contribution is -2.01. The maximum atomic E-state index is 11.4. The van der Waals surface area contributed by atoms with E-state index in [-0.39, 0.29) is 5.97 Å². The minimum Gasteiger partial charge on any atom is -0.465 e. The SMILES string of the molecule is COC(=O)c1ccnc(Sc2ccc(Cl)cn2)c1. The first kappa shape index (κ1) is 12.9. The van der Waals surface area contributed by atoms with Crippen molar-refractivity contribution in [2.45, 2.75) is 10.1 Å². The van der Waals surface area contributed by atoms with Gasteiger partial charge in [0.05, 0.1) is 17.7 Å². The van der Waals surface area contributed by atoms with E-state index in [0.29, 0.717) is 15.6 Å². The third-order valence-corrected chi connectivity index (χ3v) is 3.17. The largest absolute Gasteiger partial charge is 0.465 e. The highest BCUT2D eigenvalue weighted by molar-refractivity contribution is 7.99. The first-order chi connectivity index (χ1) is 8.69. The molecule has 0 unspecified atom stereocenters. The van der Waals surface area contributed by atoms with E-state index in [1.165, 1.54) is 18.9 Å². The van der Waals surface area contributed by atoms with Crippen LogP contribution in [-0.2, 0) is 4.74 Å². The fourth-order valence-corrected chi connectivity index (χ4v) is 2.11. The van der Waals surface area contributed by atoms with E-state index in [1.807, 2.05) is 0 Å². The molecule has 0 amide bonds. The van der Waals surface area contributed by atoms with Crippen molar-refractivity contribution < 1.29 is 9.53 Å². The van der Waals surface area contributed by atoms with Crippen LogP contribution in [0.5, 0.6) is 0 Å². The number of hydrogen-bond acceptors (Lipinski definition) is 5. The minimum atomic E-state index is -0.386. The number of ether oxygens (including phenoxy) is 1. The number of carbonyl (C=O) groups is 1. The molecule has 0 fully saturated rings. The van der Waals surface area contributed by atoms with Gasteiger partial charge in [0.25, 0.3) is 0 Å². The van der Waals surface area contributed by atoms with E-state index >= 15 is 0 Å². The van der Waals surface area contributed by atoms with Crippen LogP contribution in [0.4, 0.5) is 0 Å². The highest BCUT2D eigenvalue weighted by Gasteiger charge is 2.07. The van der Waals surface area contributed by atoms with Gasteiger partial charge in [-0.05, 0) is 24.3 Å². The summed E-state index contributed by atoms with van der Waals surface area (Å²) in [6, 6.07) is 6.80. The van der Waals surface area contributed by atoms with Gasteiger partial charge in [0.2, 0.25) is 0 Å². The first-order valence-electron chi connectivity index (χ1n) is 5.03. The average Bonchev–Trinajstić information content (AvgIpc) is 2.41. The van der Waals surface area contributed by atoms with Crippen molar-refractivity contribution in [2.24, 2.45) is 0 Å². The molecule has 2 heterocycles. The Hall–Kier alpha value is -1.59. The lowest BCUT2D eigenvalue weighted by molar-refractivity contribution is 0.0600. The van der Waals surface area contributed by atoms with Crippen molar-refractivity contribution in [3.8, 4) is 0 Å². The van der Waals surface area contributed by atoms with Crippen LogP contribution < -0.4 is 0 Å². The zero-order chi connectivity index (χ0) is 13.0. The lowest BCUT2D eigenvalue weighted by atomic mass is 10.3. The van der Waals surface area contributed by atoms with Gasteiger partial charge in [-0.25, -0.2) is 14.8 Å². The normalized spacial score (nSPS) is 10.1. The highest BCUT2D eigenvalue weighted by Crippen LogP contribution is 2.25. The summed E-state index contributed by atoms with van der Waals surface area (Å²) in [4.78, 5) is 19.7. The number of hydrogen-bond donors (Lipinski definition) is 0. The smallest absolute Gasteiger partial charge is 0.337 e. The third kappa shape index (κ3) is 3.21. The molecular formula is C12H9ClN2O2S. The molecule has 2 rings (SSSR count). The van der Waals surface area contributed by atoms with Gasteiger partial charge >= 0.3 is 5.97 Å². The molecule has 0 aromatic carbocycles. The Morgan fingerprint density at radius 3 is 2.78 bits per heavy atom. The Morgan fingerprint density at radius 2 is 2.11 bits per heavy atom.